The van der Waals surface area contributed by atoms with Gasteiger partial charge in [0.15, 0.2) is 0 Å². The van der Waals surface area contributed by atoms with Crippen molar-refractivity contribution in [1.29, 1.82) is 0 Å². The number of aromatic amines is 1. The van der Waals surface area contributed by atoms with Crippen LogP contribution in [0, 0.1) is 11.7 Å². The molecule has 138 valence electrons. The number of ether oxygens (including phenoxy) is 1. The average Bonchev–Trinajstić information content (AvgIpc) is 2.88. The molecule has 2 aromatic rings. The van der Waals surface area contributed by atoms with E-state index in [1.54, 1.807) is 12.1 Å². The van der Waals surface area contributed by atoms with Gasteiger partial charge < -0.3 is 20.4 Å². The van der Waals surface area contributed by atoms with Crippen molar-refractivity contribution in [2.24, 2.45) is 5.92 Å². The van der Waals surface area contributed by atoms with Gasteiger partial charge in [-0.05, 0) is 29.8 Å². The largest absolute Gasteiger partial charge is 0.372 e. The van der Waals surface area contributed by atoms with Gasteiger partial charge in [-0.15, -0.1) is 0 Å². The summed E-state index contributed by atoms with van der Waals surface area (Å²) in [7, 11) is 0. The minimum absolute atomic E-state index is 0.0455. The molecule has 0 bridgehead atoms. The Bertz CT molecular complexity index is 842. The van der Waals surface area contributed by atoms with Crippen LogP contribution in [0.1, 0.15) is 22.0 Å². The first-order valence-corrected chi connectivity index (χ1v) is 8.67. The number of pyridine rings is 1. The Hall–Kier alpha value is -2.22. The Morgan fingerprint density at radius 1 is 1.38 bits per heavy atom. The predicted molar refractivity (Wildman–Crippen MR) is 95.9 cm³/mol. The lowest BCUT2D eigenvalue weighted by atomic mass is 9.95. The fraction of sp³-hybridized carbons (Fsp3) is 0.333. The zero-order chi connectivity index (χ0) is 18.5. The van der Waals surface area contributed by atoms with E-state index in [2.05, 4.69) is 15.6 Å². The average molecular weight is 380 g/mol. The molecule has 0 radical (unpaired) electrons. The first kappa shape index (κ1) is 18.6. The van der Waals surface area contributed by atoms with Crippen molar-refractivity contribution >= 4 is 17.5 Å². The minimum Gasteiger partial charge on any atom is -0.372 e. The molecule has 0 spiro atoms. The van der Waals surface area contributed by atoms with E-state index in [0.717, 1.165) is 0 Å². The van der Waals surface area contributed by atoms with Crippen LogP contribution in [0.3, 0.4) is 0 Å². The molecule has 1 saturated heterocycles. The third kappa shape index (κ3) is 4.30. The Morgan fingerprint density at radius 2 is 2.23 bits per heavy atom. The van der Waals surface area contributed by atoms with Gasteiger partial charge in [-0.25, -0.2) is 4.39 Å². The molecule has 1 aromatic carbocycles. The van der Waals surface area contributed by atoms with Crippen LogP contribution in [0.4, 0.5) is 4.39 Å². The van der Waals surface area contributed by atoms with E-state index in [1.165, 1.54) is 24.4 Å². The van der Waals surface area contributed by atoms with Gasteiger partial charge in [0.2, 0.25) is 0 Å². The number of hydrogen-bond donors (Lipinski definition) is 3. The molecule has 6 nitrogen and oxygen atoms in total. The molecule has 8 heteroatoms. The Morgan fingerprint density at radius 3 is 3.00 bits per heavy atom. The summed E-state index contributed by atoms with van der Waals surface area (Å²) in [4.78, 5) is 26.4. The van der Waals surface area contributed by atoms with E-state index in [1.807, 2.05) is 0 Å². The molecular formula is C18H19ClFN3O3. The highest BCUT2D eigenvalue weighted by Gasteiger charge is 2.27. The van der Waals surface area contributed by atoms with E-state index in [9.17, 15) is 14.0 Å². The summed E-state index contributed by atoms with van der Waals surface area (Å²) in [5, 5.41) is 6.05. The first-order valence-electron chi connectivity index (χ1n) is 8.29. The van der Waals surface area contributed by atoms with Crippen LogP contribution in [-0.2, 0) is 4.74 Å². The summed E-state index contributed by atoms with van der Waals surface area (Å²) >= 11 is 5.76. The number of hydrogen-bond acceptors (Lipinski definition) is 4. The normalized spacial score (nSPS) is 20.4. The molecule has 1 aromatic heterocycles. The molecular weight excluding hydrogens is 361 g/mol. The highest BCUT2D eigenvalue weighted by molar-refractivity contribution is 6.30. The van der Waals surface area contributed by atoms with Gasteiger partial charge in [0.25, 0.3) is 11.5 Å². The second-order valence-electron chi connectivity index (χ2n) is 6.05. The zero-order valence-corrected chi connectivity index (χ0v) is 14.7. The number of benzene rings is 1. The lowest BCUT2D eigenvalue weighted by molar-refractivity contribution is 0.0304. The van der Waals surface area contributed by atoms with Crippen LogP contribution >= 0.6 is 11.6 Å². The van der Waals surface area contributed by atoms with Gasteiger partial charge in [-0.1, -0.05) is 17.7 Å². The van der Waals surface area contributed by atoms with E-state index in [0.29, 0.717) is 25.3 Å². The molecule has 26 heavy (non-hydrogen) atoms. The molecule has 0 saturated carbocycles. The molecule has 1 aliphatic heterocycles. The number of nitrogens with one attached hydrogen (secondary N) is 3. The highest BCUT2D eigenvalue weighted by Crippen LogP contribution is 2.29. The molecule has 2 atom stereocenters. The van der Waals surface area contributed by atoms with Crippen LogP contribution in [0.2, 0.25) is 5.02 Å². The van der Waals surface area contributed by atoms with Crippen LogP contribution in [0.5, 0.6) is 0 Å². The number of rotatable bonds is 4. The Labute approximate surface area is 154 Å². The summed E-state index contributed by atoms with van der Waals surface area (Å²) in [6, 6.07) is 7.62. The topological polar surface area (TPSA) is 83.2 Å². The highest BCUT2D eigenvalue weighted by atomic mass is 35.5. The van der Waals surface area contributed by atoms with Gasteiger partial charge in [-0.2, -0.15) is 0 Å². The van der Waals surface area contributed by atoms with Crippen molar-refractivity contribution in [2.45, 2.75) is 6.10 Å². The second kappa shape index (κ2) is 8.44. The number of carbonyl (C=O) groups is 1. The third-order valence-corrected chi connectivity index (χ3v) is 4.58. The van der Waals surface area contributed by atoms with E-state index >= 15 is 0 Å². The smallest absolute Gasteiger partial charge is 0.260 e. The monoisotopic (exact) mass is 379 g/mol. The molecule has 2 heterocycles. The molecule has 0 unspecified atom stereocenters. The zero-order valence-electron chi connectivity index (χ0n) is 13.9. The quantitative estimate of drug-likeness (QED) is 0.757. The summed E-state index contributed by atoms with van der Waals surface area (Å²) in [5.41, 5.74) is 0.257. The maximum atomic E-state index is 13.8. The second-order valence-corrected chi connectivity index (χ2v) is 6.46. The molecule has 3 N–H and O–H groups in total. The molecule has 3 rings (SSSR count). The number of halogens is 2. The van der Waals surface area contributed by atoms with E-state index in [-0.39, 0.29) is 23.0 Å². The SMILES string of the molecule is O=C(NC[C@@H]1CNCCO[C@H]1c1ccc(Cl)c(F)c1)c1ccc[nH]c1=O. The van der Waals surface area contributed by atoms with Gasteiger partial charge in [0.05, 0.1) is 17.7 Å². The Balaban J connectivity index is 1.74. The molecule has 0 aliphatic carbocycles. The van der Waals surface area contributed by atoms with Crippen molar-refractivity contribution in [3.8, 4) is 0 Å². The predicted octanol–water partition coefficient (Wildman–Crippen LogP) is 1.87. The van der Waals surface area contributed by atoms with Crippen molar-refractivity contribution in [1.82, 2.24) is 15.6 Å². The lowest BCUT2D eigenvalue weighted by Crippen LogP contribution is -2.38. The van der Waals surface area contributed by atoms with Gasteiger partial charge in [0, 0.05) is 31.7 Å². The number of carbonyl (C=O) groups excluding carboxylic acids is 1. The van der Waals surface area contributed by atoms with Crippen molar-refractivity contribution in [3.05, 3.63) is 68.8 Å². The van der Waals surface area contributed by atoms with Crippen molar-refractivity contribution < 1.29 is 13.9 Å². The van der Waals surface area contributed by atoms with Crippen molar-refractivity contribution in [3.63, 3.8) is 0 Å². The number of H-pyrrole nitrogens is 1. The summed E-state index contributed by atoms with van der Waals surface area (Å²) in [6.07, 6.45) is 1.07. The fourth-order valence-electron chi connectivity index (χ4n) is 2.94. The van der Waals surface area contributed by atoms with Crippen LogP contribution < -0.4 is 16.2 Å². The summed E-state index contributed by atoms with van der Waals surface area (Å²) in [5.74, 6) is -1.11. The number of amides is 1. The molecule has 1 amide bonds. The maximum absolute atomic E-state index is 13.8. The lowest BCUT2D eigenvalue weighted by Gasteiger charge is -2.25. The van der Waals surface area contributed by atoms with Crippen LogP contribution in [0.25, 0.3) is 0 Å². The van der Waals surface area contributed by atoms with Gasteiger partial charge >= 0.3 is 0 Å². The first-order chi connectivity index (χ1) is 12.6. The third-order valence-electron chi connectivity index (χ3n) is 4.27. The minimum atomic E-state index is -0.511. The standard InChI is InChI=1S/C18H19ClFN3O3/c19-14-4-3-11(8-15(14)20)16-12(9-21-6-7-26-16)10-23-18(25)13-2-1-5-22-17(13)24/h1-5,8,12,16,21H,6-7,9-10H2,(H,22,24)(H,23,25)/t12-,16-/m0/s1. The van der Waals surface area contributed by atoms with Crippen LogP contribution in [0.15, 0.2) is 41.3 Å². The fourth-order valence-corrected chi connectivity index (χ4v) is 3.06. The summed E-state index contributed by atoms with van der Waals surface area (Å²) < 4.78 is 19.7. The number of aromatic nitrogens is 1. The van der Waals surface area contributed by atoms with Gasteiger partial charge in [0.1, 0.15) is 11.4 Å². The van der Waals surface area contributed by atoms with Crippen molar-refractivity contribution in [2.75, 3.05) is 26.2 Å². The van der Waals surface area contributed by atoms with Crippen LogP contribution in [-0.4, -0.2) is 37.1 Å². The molecule has 1 aliphatic rings. The van der Waals surface area contributed by atoms with E-state index < -0.39 is 23.4 Å². The maximum Gasteiger partial charge on any atom is 0.260 e. The summed E-state index contributed by atoms with van der Waals surface area (Å²) in [6.45, 7) is 1.99. The molecule has 1 fully saturated rings. The van der Waals surface area contributed by atoms with Gasteiger partial charge in [-0.3, -0.25) is 9.59 Å². The van der Waals surface area contributed by atoms with E-state index in [4.69, 9.17) is 16.3 Å². The Kier molecular flexibility index (Phi) is 6.03.